The van der Waals surface area contributed by atoms with Gasteiger partial charge in [0, 0.05) is 63.4 Å². The maximum Gasteiger partial charge on any atom is 0.0462 e. The first-order valence-corrected chi connectivity index (χ1v) is 21.4. The minimum absolute atomic E-state index is 1.13. The molecule has 0 saturated heterocycles. The van der Waals surface area contributed by atoms with Crippen molar-refractivity contribution in [1.82, 2.24) is 0 Å². The van der Waals surface area contributed by atoms with Gasteiger partial charge in [0.1, 0.15) is 0 Å². The largest absolute Gasteiger partial charge is 0.311 e. The average Bonchev–Trinajstić information content (AvgIpc) is 4.07. The number of rotatable bonds is 12. The maximum atomic E-state index is 2.29. The lowest BCUT2D eigenvalue weighted by atomic mass is 10.1. The van der Waals surface area contributed by atoms with Crippen LogP contribution in [-0.2, 0) is 0 Å². The van der Waals surface area contributed by atoms with Gasteiger partial charge in [0.25, 0.3) is 0 Å². The standard InChI is InChI=1S/C52H38N2S3/c1-5-13-41(14-6-1)53(42-15-7-2-8-16-42)45-27-21-39(22-28-45)25-31-47-33-35-49(55-47)51-37-38-52(57-51)50-36-34-48(56-50)32-26-40-23-29-46(30-24-40)54(43-17-9-3-10-18-43)44-19-11-4-12-20-44/h1-38H/b31-25+,32-26+. The Morgan fingerprint density at radius 2 is 0.526 bits per heavy atom. The molecule has 274 valence electrons. The van der Waals surface area contributed by atoms with Crippen LogP contribution in [0.2, 0.25) is 0 Å². The van der Waals surface area contributed by atoms with E-state index in [2.05, 4.69) is 240 Å². The van der Waals surface area contributed by atoms with Crippen LogP contribution in [0, 0.1) is 0 Å². The number of benzene rings is 6. The van der Waals surface area contributed by atoms with Gasteiger partial charge in [-0.05, 0) is 132 Å². The van der Waals surface area contributed by atoms with Crippen LogP contribution in [0.4, 0.5) is 34.1 Å². The van der Waals surface area contributed by atoms with E-state index in [-0.39, 0.29) is 0 Å². The monoisotopic (exact) mass is 786 g/mol. The Kier molecular flexibility index (Phi) is 10.9. The number of nitrogens with zero attached hydrogens (tertiary/aromatic N) is 2. The van der Waals surface area contributed by atoms with Crippen molar-refractivity contribution in [3.63, 3.8) is 0 Å². The van der Waals surface area contributed by atoms with Crippen molar-refractivity contribution in [2.24, 2.45) is 0 Å². The molecule has 9 rings (SSSR count). The van der Waals surface area contributed by atoms with Crippen molar-refractivity contribution in [2.75, 3.05) is 9.80 Å². The zero-order chi connectivity index (χ0) is 38.2. The van der Waals surface area contributed by atoms with Gasteiger partial charge in [0.05, 0.1) is 0 Å². The van der Waals surface area contributed by atoms with E-state index >= 15 is 0 Å². The fourth-order valence-electron chi connectivity index (χ4n) is 6.78. The smallest absolute Gasteiger partial charge is 0.0462 e. The zero-order valence-electron chi connectivity index (χ0n) is 31.1. The lowest BCUT2D eigenvalue weighted by Gasteiger charge is -2.25. The fraction of sp³-hybridized carbons (Fsp3) is 0. The van der Waals surface area contributed by atoms with Crippen LogP contribution in [0.25, 0.3) is 43.8 Å². The molecule has 3 heterocycles. The number of para-hydroxylation sites is 4. The molecular weight excluding hydrogens is 749 g/mol. The van der Waals surface area contributed by atoms with Gasteiger partial charge in [-0.1, -0.05) is 109 Å². The van der Waals surface area contributed by atoms with Crippen molar-refractivity contribution in [3.8, 4) is 19.5 Å². The molecule has 3 aromatic heterocycles. The Bertz CT molecular complexity index is 2440. The second-order valence-electron chi connectivity index (χ2n) is 13.4. The quantitative estimate of drug-likeness (QED) is 0.122. The normalized spacial score (nSPS) is 11.4. The number of anilines is 6. The first-order valence-electron chi connectivity index (χ1n) is 18.9. The highest BCUT2D eigenvalue weighted by Gasteiger charge is 2.13. The van der Waals surface area contributed by atoms with Crippen LogP contribution in [0.15, 0.2) is 206 Å². The van der Waals surface area contributed by atoms with E-state index in [0.29, 0.717) is 0 Å². The summed E-state index contributed by atoms with van der Waals surface area (Å²) in [5, 5.41) is 0. The molecule has 0 fully saturated rings. The summed E-state index contributed by atoms with van der Waals surface area (Å²) in [5.74, 6) is 0. The summed E-state index contributed by atoms with van der Waals surface area (Å²) in [7, 11) is 0. The first-order chi connectivity index (χ1) is 28.2. The Balaban J connectivity index is 0.846. The molecule has 0 amide bonds. The van der Waals surface area contributed by atoms with E-state index < -0.39 is 0 Å². The minimum atomic E-state index is 1.13. The minimum Gasteiger partial charge on any atom is -0.311 e. The summed E-state index contributed by atoms with van der Waals surface area (Å²) in [6.07, 6.45) is 8.84. The Morgan fingerprint density at radius 1 is 0.246 bits per heavy atom. The highest BCUT2D eigenvalue weighted by atomic mass is 32.1. The molecule has 0 atom stereocenters. The molecule has 6 aromatic carbocycles. The number of hydrogen-bond donors (Lipinski definition) is 0. The fourth-order valence-corrected chi connectivity index (χ4v) is 9.79. The predicted octanol–water partition coefficient (Wildman–Crippen LogP) is 16.5. The van der Waals surface area contributed by atoms with Crippen molar-refractivity contribution in [1.29, 1.82) is 0 Å². The van der Waals surface area contributed by atoms with Crippen LogP contribution in [0.5, 0.6) is 0 Å². The topological polar surface area (TPSA) is 6.48 Å². The summed E-state index contributed by atoms with van der Waals surface area (Å²) in [4.78, 5) is 12.2. The molecule has 0 aliphatic heterocycles. The Morgan fingerprint density at radius 3 is 0.860 bits per heavy atom. The molecule has 0 unspecified atom stereocenters. The molecule has 57 heavy (non-hydrogen) atoms. The lowest BCUT2D eigenvalue weighted by molar-refractivity contribution is 1.28. The summed E-state index contributed by atoms with van der Waals surface area (Å²) in [6.45, 7) is 0. The van der Waals surface area contributed by atoms with E-state index in [9.17, 15) is 0 Å². The van der Waals surface area contributed by atoms with Gasteiger partial charge in [-0.25, -0.2) is 0 Å². The molecule has 0 aliphatic rings. The molecule has 0 N–H and O–H groups in total. The van der Waals surface area contributed by atoms with Gasteiger partial charge in [-0.2, -0.15) is 0 Å². The summed E-state index contributed by atoms with van der Waals surface area (Å²) in [6, 6.07) is 73.1. The predicted molar refractivity (Wildman–Crippen MR) is 251 cm³/mol. The van der Waals surface area contributed by atoms with Crippen LogP contribution in [0.1, 0.15) is 20.9 Å². The maximum absolute atomic E-state index is 2.29. The molecule has 5 heteroatoms. The highest BCUT2D eigenvalue weighted by molar-refractivity contribution is 7.26. The third-order valence-corrected chi connectivity index (χ3v) is 13.2. The van der Waals surface area contributed by atoms with E-state index in [1.807, 2.05) is 34.0 Å². The Hall–Kier alpha value is -6.50. The van der Waals surface area contributed by atoms with Crippen molar-refractivity contribution in [2.45, 2.75) is 0 Å². The van der Waals surface area contributed by atoms with Crippen molar-refractivity contribution >= 4 is 92.4 Å². The van der Waals surface area contributed by atoms with Crippen LogP contribution in [-0.4, -0.2) is 0 Å². The summed E-state index contributed by atoms with van der Waals surface area (Å²) < 4.78 is 0. The second-order valence-corrected chi connectivity index (χ2v) is 16.7. The van der Waals surface area contributed by atoms with E-state index in [4.69, 9.17) is 0 Å². The van der Waals surface area contributed by atoms with Gasteiger partial charge in [0.15, 0.2) is 0 Å². The average molecular weight is 787 g/mol. The van der Waals surface area contributed by atoms with Crippen LogP contribution >= 0.6 is 34.0 Å². The molecule has 0 aliphatic carbocycles. The lowest BCUT2D eigenvalue weighted by Crippen LogP contribution is -2.09. The SMILES string of the molecule is C(=C\c1ccc(-c2ccc(-c3ccc(/C=C/c4ccc(N(c5ccccc5)c5ccccc5)cc4)s3)s2)s1)/c1ccc(N(c2ccccc2)c2ccccc2)cc1. The zero-order valence-corrected chi connectivity index (χ0v) is 33.5. The molecule has 0 spiro atoms. The van der Waals surface area contributed by atoms with Gasteiger partial charge < -0.3 is 9.80 Å². The molecule has 2 nitrogen and oxygen atoms in total. The highest BCUT2D eigenvalue weighted by Crippen LogP contribution is 2.41. The van der Waals surface area contributed by atoms with Gasteiger partial charge in [-0.15, -0.1) is 34.0 Å². The second kappa shape index (κ2) is 17.1. The number of thiophene rings is 3. The number of hydrogen-bond acceptors (Lipinski definition) is 5. The first kappa shape index (κ1) is 36.2. The van der Waals surface area contributed by atoms with E-state index in [1.165, 1.54) is 40.4 Å². The van der Waals surface area contributed by atoms with Gasteiger partial charge in [0.2, 0.25) is 0 Å². The third-order valence-electron chi connectivity index (χ3n) is 9.59. The molecule has 0 saturated carbocycles. The third kappa shape index (κ3) is 8.52. The van der Waals surface area contributed by atoms with E-state index in [0.717, 1.165) is 34.1 Å². The van der Waals surface area contributed by atoms with Crippen LogP contribution < -0.4 is 9.80 Å². The molecular formula is C52H38N2S3. The molecule has 9 aromatic rings. The molecule has 0 bridgehead atoms. The Labute approximate surface area is 346 Å². The van der Waals surface area contributed by atoms with Crippen LogP contribution in [0.3, 0.4) is 0 Å². The van der Waals surface area contributed by atoms with Gasteiger partial charge >= 0.3 is 0 Å². The van der Waals surface area contributed by atoms with Crippen molar-refractivity contribution < 1.29 is 0 Å². The van der Waals surface area contributed by atoms with E-state index in [1.54, 1.807) is 0 Å². The van der Waals surface area contributed by atoms with Crippen molar-refractivity contribution in [3.05, 3.63) is 227 Å². The summed E-state index contributed by atoms with van der Waals surface area (Å²) >= 11 is 5.52. The van der Waals surface area contributed by atoms with Gasteiger partial charge in [-0.3, -0.25) is 0 Å². The summed E-state index contributed by atoms with van der Waals surface area (Å²) in [5.41, 5.74) is 9.16. The molecule has 0 radical (unpaired) electrons.